The number of pyridine rings is 1. The number of carboxylic acids is 1. The number of carbonyl (C=O) groups excluding carboxylic acids is 1. The van der Waals surface area contributed by atoms with Gasteiger partial charge in [0.05, 0.1) is 12.5 Å². The number of hydrogen-bond acceptors (Lipinski definition) is 4. The highest BCUT2D eigenvalue weighted by molar-refractivity contribution is 5.82. The van der Waals surface area contributed by atoms with Crippen LogP contribution >= 0.6 is 0 Å². The Kier molecular flexibility index (Phi) is 10.3. The van der Waals surface area contributed by atoms with E-state index >= 15 is 4.39 Å². The number of amides is 1. The first-order chi connectivity index (χ1) is 20.7. The molecule has 2 N–H and O–H groups in total. The van der Waals surface area contributed by atoms with Crippen LogP contribution in [-0.2, 0) is 16.0 Å². The predicted molar refractivity (Wildman–Crippen MR) is 163 cm³/mol. The molecule has 0 bridgehead atoms. The molecule has 0 unspecified atom stereocenters. The maximum Gasteiger partial charge on any atom is 0.305 e. The molecule has 1 amide bonds. The third-order valence-corrected chi connectivity index (χ3v) is 8.14. The number of aryl methyl sites for hydroxylation is 3. The first-order valence-corrected chi connectivity index (χ1v) is 14.9. The van der Waals surface area contributed by atoms with Crippen LogP contribution in [0, 0.1) is 38.3 Å². The van der Waals surface area contributed by atoms with E-state index in [0.29, 0.717) is 37.2 Å². The van der Waals surface area contributed by atoms with Gasteiger partial charge < -0.3 is 15.0 Å². The zero-order valence-electron chi connectivity index (χ0n) is 25.8. The molecule has 2 heterocycles. The fourth-order valence-electron chi connectivity index (χ4n) is 5.91. The molecule has 44 heavy (non-hydrogen) atoms. The van der Waals surface area contributed by atoms with Gasteiger partial charge in [-0.2, -0.15) is 0 Å². The smallest absolute Gasteiger partial charge is 0.305 e. The van der Waals surface area contributed by atoms with Gasteiger partial charge in [-0.15, -0.1) is 0 Å². The highest BCUT2D eigenvalue weighted by Crippen LogP contribution is 2.33. The highest BCUT2D eigenvalue weighted by atomic mass is 19.1. The van der Waals surface area contributed by atoms with Crippen LogP contribution in [0.5, 0.6) is 0 Å². The number of halogens is 3. The molecular formula is C34H40F3N3O4. The standard InChI is InChI=1S/C34H40F3N3O4/c1-19(2)11-29(40-16-23(13-27(36)34(40)44)9-10-39-17-25(35)18-39)33(43)38-28(15-30(41)42)26-14-24(12-22(5)32(26)37)31-20(3)7-6-8-21(31)4/h6-8,12-14,16,19,25,28-29H,9-11,15,17-18H2,1-5H3,(H,38,43)(H,41,42)/t28-,29-/m0/s1. The summed E-state index contributed by atoms with van der Waals surface area (Å²) in [7, 11) is 0. The quantitative estimate of drug-likeness (QED) is 0.269. The summed E-state index contributed by atoms with van der Waals surface area (Å²) in [5.41, 5.74) is 3.26. The number of alkyl halides is 1. The van der Waals surface area contributed by atoms with Crippen molar-refractivity contribution >= 4 is 11.9 Å². The lowest BCUT2D eigenvalue weighted by Crippen LogP contribution is -2.49. The van der Waals surface area contributed by atoms with E-state index in [-0.39, 0.29) is 23.5 Å². The van der Waals surface area contributed by atoms with Crippen LogP contribution in [0.2, 0.25) is 0 Å². The van der Waals surface area contributed by atoms with E-state index in [1.165, 1.54) is 6.20 Å². The number of aromatic nitrogens is 1. The Morgan fingerprint density at radius 3 is 2.30 bits per heavy atom. The third-order valence-electron chi connectivity index (χ3n) is 8.14. The minimum Gasteiger partial charge on any atom is -0.481 e. The summed E-state index contributed by atoms with van der Waals surface area (Å²) in [5, 5.41) is 12.4. The van der Waals surface area contributed by atoms with E-state index < -0.39 is 53.7 Å². The van der Waals surface area contributed by atoms with Gasteiger partial charge in [-0.05, 0) is 91.1 Å². The Morgan fingerprint density at radius 1 is 1.05 bits per heavy atom. The van der Waals surface area contributed by atoms with Crippen molar-refractivity contribution in [2.45, 2.75) is 72.1 Å². The van der Waals surface area contributed by atoms with E-state index in [1.807, 2.05) is 50.8 Å². The number of nitrogens with one attached hydrogen (secondary N) is 1. The van der Waals surface area contributed by atoms with Crippen LogP contribution in [-0.4, -0.2) is 52.3 Å². The number of benzene rings is 2. The molecule has 0 spiro atoms. The predicted octanol–water partition coefficient (Wildman–Crippen LogP) is 5.83. The molecule has 0 radical (unpaired) electrons. The van der Waals surface area contributed by atoms with E-state index in [1.54, 1.807) is 19.1 Å². The lowest BCUT2D eigenvalue weighted by molar-refractivity contribution is -0.138. The minimum atomic E-state index is -1.26. The van der Waals surface area contributed by atoms with Gasteiger partial charge in [0, 0.05) is 31.4 Å². The van der Waals surface area contributed by atoms with Gasteiger partial charge in [0.15, 0.2) is 5.82 Å². The van der Waals surface area contributed by atoms with Crippen molar-refractivity contribution in [3.05, 3.63) is 92.4 Å². The summed E-state index contributed by atoms with van der Waals surface area (Å²) in [6.45, 7) is 10.2. The third kappa shape index (κ3) is 7.59. The molecule has 2 atom stereocenters. The van der Waals surface area contributed by atoms with Crippen LogP contribution in [0.3, 0.4) is 0 Å². The number of hydrogen-bond donors (Lipinski definition) is 2. The van der Waals surface area contributed by atoms with Crippen molar-refractivity contribution in [1.82, 2.24) is 14.8 Å². The van der Waals surface area contributed by atoms with Gasteiger partial charge in [-0.25, -0.2) is 13.2 Å². The number of aliphatic carboxylic acids is 1. The van der Waals surface area contributed by atoms with E-state index in [2.05, 4.69) is 5.32 Å². The molecule has 10 heteroatoms. The van der Waals surface area contributed by atoms with Gasteiger partial charge in [0.25, 0.3) is 5.56 Å². The average Bonchev–Trinajstić information content (AvgIpc) is 2.92. The van der Waals surface area contributed by atoms with Crippen molar-refractivity contribution in [3.63, 3.8) is 0 Å². The second kappa shape index (κ2) is 13.8. The molecule has 1 aromatic heterocycles. The van der Waals surface area contributed by atoms with Crippen LogP contribution in [0.25, 0.3) is 11.1 Å². The van der Waals surface area contributed by atoms with Gasteiger partial charge in [-0.1, -0.05) is 32.0 Å². The Balaban J connectivity index is 1.71. The largest absolute Gasteiger partial charge is 0.481 e. The molecule has 3 aromatic rings. The maximum atomic E-state index is 15.7. The molecule has 7 nitrogen and oxygen atoms in total. The Morgan fingerprint density at radius 2 is 1.70 bits per heavy atom. The Labute approximate surface area is 255 Å². The summed E-state index contributed by atoms with van der Waals surface area (Å²) in [6.07, 6.45) is 0.434. The van der Waals surface area contributed by atoms with Crippen LogP contribution in [0.1, 0.15) is 66.6 Å². The summed E-state index contributed by atoms with van der Waals surface area (Å²) in [5.74, 6) is -3.74. The molecule has 1 fully saturated rings. The molecular weight excluding hydrogens is 571 g/mol. The fourth-order valence-corrected chi connectivity index (χ4v) is 5.91. The lowest BCUT2D eigenvalue weighted by atomic mass is 9.90. The van der Waals surface area contributed by atoms with Gasteiger partial charge in [-0.3, -0.25) is 19.3 Å². The van der Waals surface area contributed by atoms with Gasteiger partial charge in [0.2, 0.25) is 5.91 Å². The summed E-state index contributed by atoms with van der Waals surface area (Å²) >= 11 is 0. The van der Waals surface area contributed by atoms with E-state index in [0.717, 1.165) is 27.3 Å². The Hall–Kier alpha value is -3.92. The van der Waals surface area contributed by atoms with Crippen LogP contribution in [0.15, 0.2) is 47.4 Å². The minimum absolute atomic E-state index is 0.00898. The molecule has 1 aliphatic rings. The van der Waals surface area contributed by atoms with E-state index in [4.69, 9.17) is 0 Å². The van der Waals surface area contributed by atoms with Crippen molar-refractivity contribution < 1.29 is 27.9 Å². The average molecular weight is 612 g/mol. The zero-order chi connectivity index (χ0) is 32.3. The molecule has 236 valence electrons. The van der Waals surface area contributed by atoms with Gasteiger partial charge in [0.1, 0.15) is 18.0 Å². The maximum absolute atomic E-state index is 15.7. The molecule has 4 rings (SSSR count). The number of carbonyl (C=O) groups is 2. The molecule has 1 aliphatic heterocycles. The molecule has 0 aliphatic carbocycles. The summed E-state index contributed by atoms with van der Waals surface area (Å²) in [6, 6.07) is 7.71. The monoisotopic (exact) mass is 611 g/mol. The summed E-state index contributed by atoms with van der Waals surface area (Å²) < 4.78 is 44.8. The van der Waals surface area contributed by atoms with Crippen molar-refractivity contribution in [1.29, 1.82) is 0 Å². The lowest BCUT2D eigenvalue weighted by Gasteiger charge is -2.34. The number of rotatable bonds is 12. The molecule has 0 saturated carbocycles. The number of nitrogens with zero attached hydrogens (tertiary/aromatic N) is 2. The normalized spacial score (nSPS) is 15.2. The topological polar surface area (TPSA) is 91.6 Å². The second-order valence-electron chi connectivity index (χ2n) is 12.3. The second-order valence-corrected chi connectivity index (χ2v) is 12.3. The fraction of sp³-hybridized carbons (Fsp3) is 0.441. The van der Waals surface area contributed by atoms with Crippen molar-refractivity contribution in [2.24, 2.45) is 5.92 Å². The highest BCUT2D eigenvalue weighted by Gasteiger charge is 2.30. The zero-order valence-corrected chi connectivity index (χ0v) is 25.8. The first kappa shape index (κ1) is 33.0. The molecule has 2 aromatic carbocycles. The van der Waals surface area contributed by atoms with Crippen molar-refractivity contribution in [3.8, 4) is 11.1 Å². The van der Waals surface area contributed by atoms with E-state index in [9.17, 15) is 28.3 Å². The number of carboxylic acid groups (broad SMARTS) is 1. The SMILES string of the molecule is Cc1cc(-c2c(C)cccc2C)cc([C@H](CC(=O)O)NC(=O)[C@H](CC(C)C)n2cc(CCN3CC(F)C3)cc(F)c2=O)c1F. The number of likely N-dealkylation sites (tertiary alicyclic amines) is 1. The first-order valence-electron chi connectivity index (χ1n) is 14.9. The van der Waals surface area contributed by atoms with Gasteiger partial charge >= 0.3 is 5.97 Å². The van der Waals surface area contributed by atoms with Crippen LogP contribution < -0.4 is 10.9 Å². The summed E-state index contributed by atoms with van der Waals surface area (Å²) in [4.78, 5) is 40.7. The Bertz CT molecular complexity index is 1580. The van der Waals surface area contributed by atoms with Crippen LogP contribution in [0.4, 0.5) is 13.2 Å². The molecule has 1 saturated heterocycles. The van der Waals surface area contributed by atoms with Crippen molar-refractivity contribution in [2.75, 3.05) is 19.6 Å².